The van der Waals surface area contributed by atoms with Crippen LogP contribution >= 0.6 is 0 Å². The molecule has 7 heteroatoms. The molecule has 0 saturated heterocycles. The van der Waals surface area contributed by atoms with Crippen molar-refractivity contribution < 1.29 is 19.5 Å². The van der Waals surface area contributed by atoms with Gasteiger partial charge in [-0.15, -0.1) is 0 Å². The number of carboxylic acids is 1. The van der Waals surface area contributed by atoms with Gasteiger partial charge in [0.15, 0.2) is 0 Å². The fraction of sp³-hybridized carbons (Fsp3) is 0.273. The summed E-state index contributed by atoms with van der Waals surface area (Å²) in [5.41, 5.74) is 4.78. The third-order valence-electron chi connectivity index (χ3n) is 2.69. The Labute approximate surface area is 102 Å². The molecule has 2 atom stereocenters. The van der Waals surface area contributed by atoms with Gasteiger partial charge < -0.3 is 5.11 Å². The van der Waals surface area contributed by atoms with Crippen LogP contribution in [0.4, 0.5) is 0 Å². The molecule has 0 radical (unpaired) electrons. The number of carbonyl (C=O) groups excluding carboxylic acids is 2. The third-order valence-corrected chi connectivity index (χ3v) is 2.69. The Kier molecular flexibility index (Phi) is 3.22. The summed E-state index contributed by atoms with van der Waals surface area (Å²) in [5, 5.41) is 8.65. The number of carboxylic acid groups (broad SMARTS) is 1. The molecule has 0 spiro atoms. The zero-order chi connectivity index (χ0) is 13.1. The highest BCUT2D eigenvalue weighted by Crippen LogP contribution is 2.38. The Balaban J connectivity index is 1.81. The number of amides is 2. The standard InChI is InChI=1S/C11H11N3O4/c15-9(6-1-3-12-4-2-6)13-14-10(16)7-5-8(7)11(17)18/h1-4,7-8H,5H2,(H,13,15)(H,14,16)(H,17,18)/t7-,8-/m0/s1. The van der Waals surface area contributed by atoms with Crippen LogP contribution in [0.3, 0.4) is 0 Å². The average molecular weight is 249 g/mol. The minimum atomic E-state index is -0.990. The monoisotopic (exact) mass is 249 g/mol. The molecule has 1 aromatic rings. The molecule has 0 unspecified atom stereocenters. The van der Waals surface area contributed by atoms with Crippen molar-refractivity contribution in [3.8, 4) is 0 Å². The number of hydrogen-bond donors (Lipinski definition) is 3. The second kappa shape index (κ2) is 4.82. The van der Waals surface area contributed by atoms with Crippen molar-refractivity contribution in [3.63, 3.8) is 0 Å². The maximum atomic E-state index is 11.5. The molecule has 94 valence electrons. The second-order valence-electron chi connectivity index (χ2n) is 3.97. The molecule has 1 aromatic heterocycles. The first-order chi connectivity index (χ1) is 8.59. The van der Waals surface area contributed by atoms with Crippen molar-refractivity contribution in [1.82, 2.24) is 15.8 Å². The molecular weight excluding hydrogens is 238 g/mol. The number of carbonyl (C=O) groups is 3. The van der Waals surface area contributed by atoms with Gasteiger partial charge in [0.2, 0.25) is 5.91 Å². The van der Waals surface area contributed by atoms with E-state index in [1.165, 1.54) is 24.5 Å². The van der Waals surface area contributed by atoms with E-state index in [4.69, 9.17) is 5.11 Å². The van der Waals surface area contributed by atoms with E-state index in [1.807, 2.05) is 0 Å². The topological polar surface area (TPSA) is 108 Å². The molecule has 0 aromatic carbocycles. The van der Waals surface area contributed by atoms with E-state index >= 15 is 0 Å². The molecule has 7 nitrogen and oxygen atoms in total. The molecule has 1 fully saturated rings. The largest absolute Gasteiger partial charge is 0.481 e. The Morgan fingerprint density at radius 1 is 1.17 bits per heavy atom. The van der Waals surface area contributed by atoms with E-state index < -0.39 is 29.6 Å². The van der Waals surface area contributed by atoms with Gasteiger partial charge in [-0.1, -0.05) is 0 Å². The summed E-state index contributed by atoms with van der Waals surface area (Å²) in [4.78, 5) is 37.3. The van der Waals surface area contributed by atoms with Gasteiger partial charge in [-0.3, -0.25) is 30.2 Å². The van der Waals surface area contributed by atoms with Crippen molar-refractivity contribution >= 4 is 17.8 Å². The summed E-state index contributed by atoms with van der Waals surface area (Å²) in [7, 11) is 0. The van der Waals surface area contributed by atoms with E-state index in [0.29, 0.717) is 12.0 Å². The summed E-state index contributed by atoms with van der Waals surface area (Å²) in [6.45, 7) is 0. The average Bonchev–Trinajstić information content (AvgIpc) is 3.17. The number of nitrogens with one attached hydrogen (secondary N) is 2. The van der Waals surface area contributed by atoms with Crippen LogP contribution in [0.1, 0.15) is 16.8 Å². The third kappa shape index (κ3) is 2.62. The molecular formula is C11H11N3O4. The van der Waals surface area contributed by atoms with Gasteiger partial charge >= 0.3 is 5.97 Å². The highest BCUT2D eigenvalue weighted by atomic mass is 16.4. The lowest BCUT2D eigenvalue weighted by Gasteiger charge is -2.06. The SMILES string of the molecule is O=C(NNC(=O)[C@H]1C[C@@H]1C(=O)O)c1ccncc1. The normalized spacial score (nSPS) is 20.9. The van der Waals surface area contributed by atoms with Crippen LogP contribution in [0, 0.1) is 11.8 Å². The van der Waals surface area contributed by atoms with Gasteiger partial charge in [0, 0.05) is 18.0 Å². The number of aromatic nitrogens is 1. The minimum absolute atomic E-state index is 0.312. The highest BCUT2D eigenvalue weighted by molar-refractivity contribution is 5.96. The molecule has 2 rings (SSSR count). The van der Waals surface area contributed by atoms with E-state index in [-0.39, 0.29) is 0 Å². The molecule has 2 amide bonds. The number of rotatable bonds is 3. The molecule has 1 saturated carbocycles. The molecule has 1 heterocycles. The van der Waals surface area contributed by atoms with Crippen molar-refractivity contribution in [2.75, 3.05) is 0 Å². The quantitative estimate of drug-likeness (QED) is 0.629. The summed E-state index contributed by atoms with van der Waals surface area (Å²) in [5.74, 6) is -3.14. The minimum Gasteiger partial charge on any atom is -0.481 e. The number of pyridine rings is 1. The zero-order valence-corrected chi connectivity index (χ0v) is 9.29. The van der Waals surface area contributed by atoms with E-state index in [9.17, 15) is 14.4 Å². The van der Waals surface area contributed by atoms with Crippen LogP contribution in [0.2, 0.25) is 0 Å². The Bertz CT molecular complexity index is 488. The maximum absolute atomic E-state index is 11.5. The Hall–Kier alpha value is -2.44. The van der Waals surface area contributed by atoms with Gasteiger partial charge in [0.05, 0.1) is 11.8 Å². The van der Waals surface area contributed by atoms with Crippen LogP contribution in [0.5, 0.6) is 0 Å². The van der Waals surface area contributed by atoms with E-state index in [1.54, 1.807) is 0 Å². The number of hydrogen-bond acceptors (Lipinski definition) is 4. The number of hydrazine groups is 1. The van der Waals surface area contributed by atoms with Gasteiger partial charge in [0.25, 0.3) is 5.91 Å². The van der Waals surface area contributed by atoms with Gasteiger partial charge in [0.1, 0.15) is 0 Å². The smallest absolute Gasteiger partial charge is 0.307 e. The Morgan fingerprint density at radius 2 is 1.83 bits per heavy atom. The van der Waals surface area contributed by atoms with Crippen LogP contribution in [0.25, 0.3) is 0 Å². The molecule has 1 aliphatic rings. The number of nitrogens with zero attached hydrogens (tertiary/aromatic N) is 1. The van der Waals surface area contributed by atoms with Crippen molar-refractivity contribution in [1.29, 1.82) is 0 Å². The lowest BCUT2D eigenvalue weighted by molar-refractivity contribution is -0.140. The molecule has 3 N–H and O–H groups in total. The second-order valence-corrected chi connectivity index (χ2v) is 3.97. The first kappa shape index (κ1) is 12.0. The summed E-state index contributed by atoms with van der Waals surface area (Å²) in [6, 6.07) is 3.00. The predicted molar refractivity (Wildman–Crippen MR) is 59.1 cm³/mol. The van der Waals surface area contributed by atoms with Crippen molar-refractivity contribution in [2.24, 2.45) is 11.8 Å². The first-order valence-electron chi connectivity index (χ1n) is 5.32. The van der Waals surface area contributed by atoms with Crippen LogP contribution < -0.4 is 10.9 Å². The van der Waals surface area contributed by atoms with E-state index in [0.717, 1.165) is 0 Å². The fourth-order valence-electron chi connectivity index (χ4n) is 1.54. The van der Waals surface area contributed by atoms with Crippen molar-refractivity contribution in [2.45, 2.75) is 6.42 Å². The fourth-order valence-corrected chi connectivity index (χ4v) is 1.54. The molecule has 18 heavy (non-hydrogen) atoms. The highest BCUT2D eigenvalue weighted by Gasteiger charge is 2.48. The van der Waals surface area contributed by atoms with Gasteiger partial charge in [-0.2, -0.15) is 0 Å². The van der Waals surface area contributed by atoms with Crippen LogP contribution in [-0.4, -0.2) is 27.9 Å². The first-order valence-corrected chi connectivity index (χ1v) is 5.32. The van der Waals surface area contributed by atoms with Crippen LogP contribution in [0.15, 0.2) is 24.5 Å². The predicted octanol–water partition coefficient (Wildman–Crippen LogP) is -0.437. The summed E-state index contributed by atoms with van der Waals surface area (Å²) >= 11 is 0. The van der Waals surface area contributed by atoms with Crippen molar-refractivity contribution in [3.05, 3.63) is 30.1 Å². The molecule has 0 aliphatic heterocycles. The molecule has 0 bridgehead atoms. The number of aliphatic carboxylic acids is 1. The lowest BCUT2D eigenvalue weighted by Crippen LogP contribution is -2.42. The summed E-state index contributed by atoms with van der Waals surface area (Å²) < 4.78 is 0. The van der Waals surface area contributed by atoms with Crippen LogP contribution in [-0.2, 0) is 9.59 Å². The Morgan fingerprint density at radius 3 is 2.39 bits per heavy atom. The summed E-state index contributed by atoms with van der Waals surface area (Å²) in [6.07, 6.45) is 3.22. The maximum Gasteiger partial charge on any atom is 0.307 e. The van der Waals surface area contributed by atoms with Gasteiger partial charge in [-0.05, 0) is 18.6 Å². The van der Waals surface area contributed by atoms with E-state index in [2.05, 4.69) is 15.8 Å². The zero-order valence-electron chi connectivity index (χ0n) is 9.29. The molecule has 1 aliphatic carbocycles. The van der Waals surface area contributed by atoms with Gasteiger partial charge in [-0.25, -0.2) is 0 Å². The lowest BCUT2D eigenvalue weighted by atomic mass is 10.2.